The van der Waals surface area contributed by atoms with Gasteiger partial charge in [0.05, 0.1) is 19.6 Å². The van der Waals surface area contributed by atoms with Gasteiger partial charge in [0.1, 0.15) is 0 Å². The zero-order chi connectivity index (χ0) is 19.7. The van der Waals surface area contributed by atoms with Crippen LogP contribution in [0.5, 0.6) is 0 Å². The van der Waals surface area contributed by atoms with Crippen LogP contribution in [0.3, 0.4) is 0 Å². The normalized spacial score (nSPS) is 10.5. The first-order valence-electron chi connectivity index (χ1n) is 8.83. The fourth-order valence-electron chi connectivity index (χ4n) is 2.46. The molecule has 0 unspecified atom stereocenters. The highest BCUT2D eigenvalue weighted by atomic mass is 16.2. The molecular weight excluding hydrogens is 332 g/mol. The number of carbonyl (C=O) groups excluding carboxylic acids is 3. The Morgan fingerprint density at radius 2 is 1.42 bits per heavy atom. The topological polar surface area (TPSA) is 73.0 Å². The van der Waals surface area contributed by atoms with Gasteiger partial charge in [0, 0.05) is 25.8 Å². The van der Waals surface area contributed by atoms with Crippen molar-refractivity contribution >= 4 is 23.4 Å². The van der Waals surface area contributed by atoms with Gasteiger partial charge in [0.25, 0.3) is 0 Å². The highest BCUT2D eigenvalue weighted by Crippen LogP contribution is 2.08. The van der Waals surface area contributed by atoms with Crippen LogP contribution in [-0.2, 0) is 14.4 Å². The number of nitrogens with zero attached hydrogens (tertiary/aromatic N) is 3. The van der Waals surface area contributed by atoms with Gasteiger partial charge in [-0.3, -0.25) is 19.3 Å². The fourth-order valence-corrected chi connectivity index (χ4v) is 2.46. The van der Waals surface area contributed by atoms with E-state index in [0.717, 1.165) is 5.56 Å². The molecule has 0 aliphatic carbocycles. The van der Waals surface area contributed by atoms with Gasteiger partial charge in [-0.2, -0.15) is 0 Å². The largest absolute Gasteiger partial charge is 0.342 e. The van der Waals surface area contributed by atoms with Crippen molar-refractivity contribution in [1.82, 2.24) is 14.7 Å². The third-order valence-electron chi connectivity index (χ3n) is 4.07. The second kappa shape index (κ2) is 10.6. The summed E-state index contributed by atoms with van der Waals surface area (Å²) in [6.07, 6.45) is 0. The molecule has 144 valence electrons. The molecule has 0 spiro atoms. The molecule has 1 N–H and O–H groups in total. The van der Waals surface area contributed by atoms with E-state index in [4.69, 9.17) is 0 Å². The van der Waals surface area contributed by atoms with Crippen LogP contribution < -0.4 is 5.32 Å². The Balaban J connectivity index is 2.44. The molecule has 0 radical (unpaired) electrons. The molecule has 0 aliphatic heterocycles. The second-order valence-corrected chi connectivity index (χ2v) is 6.40. The summed E-state index contributed by atoms with van der Waals surface area (Å²) >= 11 is 0. The first-order chi connectivity index (χ1) is 12.3. The Kier molecular flexibility index (Phi) is 8.78. The van der Waals surface area contributed by atoms with Crippen molar-refractivity contribution in [2.24, 2.45) is 0 Å². The molecule has 0 aliphatic rings. The minimum absolute atomic E-state index is 0.00920. The molecule has 1 rings (SSSR count). The van der Waals surface area contributed by atoms with Crippen molar-refractivity contribution in [3.05, 3.63) is 29.8 Å². The number of likely N-dealkylation sites (N-methyl/N-ethyl adjacent to an activating group) is 3. The van der Waals surface area contributed by atoms with Crippen molar-refractivity contribution in [2.45, 2.75) is 20.8 Å². The summed E-state index contributed by atoms with van der Waals surface area (Å²) in [5.41, 5.74) is 1.81. The van der Waals surface area contributed by atoms with Crippen molar-refractivity contribution in [3.63, 3.8) is 0 Å². The summed E-state index contributed by atoms with van der Waals surface area (Å²) in [6.45, 7) is 7.34. The molecule has 0 saturated carbocycles. The molecule has 0 saturated heterocycles. The molecule has 0 aromatic heterocycles. The van der Waals surface area contributed by atoms with Crippen LogP contribution in [0.4, 0.5) is 5.69 Å². The average molecular weight is 362 g/mol. The summed E-state index contributed by atoms with van der Waals surface area (Å²) in [4.78, 5) is 41.1. The van der Waals surface area contributed by atoms with Crippen molar-refractivity contribution in [1.29, 1.82) is 0 Å². The Morgan fingerprint density at radius 3 is 1.96 bits per heavy atom. The number of benzene rings is 1. The van der Waals surface area contributed by atoms with E-state index in [1.807, 2.05) is 45.0 Å². The second-order valence-electron chi connectivity index (χ2n) is 6.40. The van der Waals surface area contributed by atoms with E-state index in [9.17, 15) is 14.4 Å². The van der Waals surface area contributed by atoms with Crippen LogP contribution in [0.25, 0.3) is 0 Å². The van der Waals surface area contributed by atoms with Crippen molar-refractivity contribution < 1.29 is 14.4 Å². The summed E-state index contributed by atoms with van der Waals surface area (Å²) < 4.78 is 0. The molecule has 1 aromatic carbocycles. The van der Waals surface area contributed by atoms with Crippen molar-refractivity contribution in [3.8, 4) is 0 Å². The third kappa shape index (κ3) is 7.23. The molecule has 3 amide bonds. The number of anilines is 1. The average Bonchev–Trinajstić information content (AvgIpc) is 2.57. The smallest absolute Gasteiger partial charge is 0.243 e. The maximum absolute atomic E-state index is 12.3. The molecule has 0 fully saturated rings. The van der Waals surface area contributed by atoms with Gasteiger partial charge in [0.15, 0.2) is 0 Å². The highest BCUT2D eigenvalue weighted by Gasteiger charge is 2.18. The number of carbonyl (C=O) groups is 3. The van der Waals surface area contributed by atoms with E-state index in [1.54, 1.807) is 23.9 Å². The molecule has 7 nitrogen and oxygen atoms in total. The molecule has 0 heterocycles. The van der Waals surface area contributed by atoms with Crippen LogP contribution >= 0.6 is 0 Å². The Morgan fingerprint density at radius 1 is 0.885 bits per heavy atom. The van der Waals surface area contributed by atoms with E-state index < -0.39 is 0 Å². The molecular formula is C19H30N4O3. The summed E-state index contributed by atoms with van der Waals surface area (Å²) in [6, 6.07) is 7.46. The standard InChI is InChI=1S/C19H30N4O3/c1-6-23(7-2)19(26)14-21(4)13-18(25)22(5)12-17(24)20-16-10-8-15(3)9-11-16/h8-11H,6-7,12-14H2,1-5H3,(H,20,24). The van der Waals surface area contributed by atoms with Gasteiger partial charge < -0.3 is 15.1 Å². The maximum atomic E-state index is 12.3. The van der Waals surface area contributed by atoms with E-state index >= 15 is 0 Å². The van der Waals surface area contributed by atoms with Gasteiger partial charge >= 0.3 is 0 Å². The lowest BCUT2D eigenvalue weighted by Gasteiger charge is -2.24. The Labute approximate surface area is 155 Å². The lowest BCUT2D eigenvalue weighted by molar-refractivity contribution is -0.136. The molecule has 7 heteroatoms. The molecule has 0 atom stereocenters. The van der Waals surface area contributed by atoms with Crippen LogP contribution in [0, 0.1) is 6.92 Å². The predicted octanol–water partition coefficient (Wildman–Crippen LogP) is 1.19. The van der Waals surface area contributed by atoms with Crippen molar-refractivity contribution in [2.75, 3.05) is 52.1 Å². The number of amides is 3. The number of aryl methyl sites for hydroxylation is 1. The number of nitrogens with one attached hydrogen (secondary N) is 1. The van der Waals surface area contributed by atoms with Crippen LogP contribution in [0.15, 0.2) is 24.3 Å². The first kappa shape index (κ1) is 21.6. The summed E-state index contributed by atoms with van der Waals surface area (Å²) in [5, 5.41) is 2.76. The zero-order valence-corrected chi connectivity index (χ0v) is 16.4. The summed E-state index contributed by atoms with van der Waals surface area (Å²) in [7, 11) is 3.30. The van der Waals surface area contributed by atoms with Crippen LogP contribution in [-0.4, -0.2) is 79.2 Å². The fraction of sp³-hybridized carbons (Fsp3) is 0.526. The zero-order valence-electron chi connectivity index (χ0n) is 16.4. The predicted molar refractivity (Wildman–Crippen MR) is 103 cm³/mol. The third-order valence-corrected chi connectivity index (χ3v) is 4.07. The van der Waals surface area contributed by atoms with Gasteiger partial charge in [-0.05, 0) is 40.0 Å². The summed E-state index contributed by atoms with van der Waals surface area (Å²) in [5.74, 6) is -0.476. The Bertz CT molecular complexity index is 612. The van der Waals surface area contributed by atoms with Gasteiger partial charge in [-0.1, -0.05) is 17.7 Å². The quantitative estimate of drug-likeness (QED) is 0.716. The van der Waals surface area contributed by atoms with E-state index in [2.05, 4.69) is 5.32 Å². The SMILES string of the molecule is CCN(CC)C(=O)CN(C)CC(=O)N(C)CC(=O)Nc1ccc(C)cc1. The van der Waals surface area contributed by atoms with E-state index in [0.29, 0.717) is 18.8 Å². The monoisotopic (exact) mass is 362 g/mol. The number of hydrogen-bond donors (Lipinski definition) is 1. The lowest BCUT2D eigenvalue weighted by atomic mass is 10.2. The Hall–Kier alpha value is -2.41. The lowest BCUT2D eigenvalue weighted by Crippen LogP contribution is -2.44. The van der Waals surface area contributed by atoms with Crippen LogP contribution in [0.2, 0.25) is 0 Å². The first-order valence-corrected chi connectivity index (χ1v) is 8.83. The number of hydrogen-bond acceptors (Lipinski definition) is 4. The molecule has 0 bridgehead atoms. The van der Waals surface area contributed by atoms with Gasteiger partial charge in [-0.15, -0.1) is 0 Å². The maximum Gasteiger partial charge on any atom is 0.243 e. The minimum atomic E-state index is -0.258. The van der Waals surface area contributed by atoms with E-state index in [1.165, 1.54) is 4.90 Å². The molecule has 1 aromatic rings. The van der Waals surface area contributed by atoms with E-state index in [-0.39, 0.29) is 37.4 Å². The molecule has 26 heavy (non-hydrogen) atoms. The van der Waals surface area contributed by atoms with Gasteiger partial charge in [-0.25, -0.2) is 0 Å². The number of rotatable bonds is 9. The van der Waals surface area contributed by atoms with Gasteiger partial charge in [0.2, 0.25) is 17.7 Å². The highest BCUT2D eigenvalue weighted by molar-refractivity contribution is 5.94. The minimum Gasteiger partial charge on any atom is -0.342 e. The van der Waals surface area contributed by atoms with Crippen LogP contribution in [0.1, 0.15) is 19.4 Å².